The Hall–Kier alpha value is -0.860. The summed E-state index contributed by atoms with van der Waals surface area (Å²) in [5.74, 6) is 1.58. The standard InChI is InChI=1S/C13H24N2O/c1-12(2,3)9-7-8-10-14-11(15-16-10)13(4,5)6/h7-9H2,1-6H3. The van der Waals surface area contributed by atoms with Gasteiger partial charge in [0.15, 0.2) is 5.82 Å². The molecule has 16 heavy (non-hydrogen) atoms. The van der Waals surface area contributed by atoms with Gasteiger partial charge in [0.2, 0.25) is 5.89 Å². The van der Waals surface area contributed by atoms with Gasteiger partial charge in [-0.3, -0.25) is 0 Å². The van der Waals surface area contributed by atoms with Crippen molar-refractivity contribution in [3.05, 3.63) is 11.7 Å². The number of nitrogens with zero attached hydrogens (tertiary/aromatic N) is 2. The summed E-state index contributed by atoms with van der Waals surface area (Å²) in [6.45, 7) is 13.0. The lowest BCUT2D eigenvalue weighted by atomic mass is 9.90. The molecule has 1 aromatic heterocycles. The lowest BCUT2D eigenvalue weighted by Crippen LogP contribution is -2.13. The maximum atomic E-state index is 5.24. The van der Waals surface area contributed by atoms with Crippen LogP contribution in [0, 0.1) is 5.41 Å². The fourth-order valence-corrected chi connectivity index (χ4v) is 1.43. The van der Waals surface area contributed by atoms with Crippen LogP contribution >= 0.6 is 0 Å². The van der Waals surface area contributed by atoms with Crippen molar-refractivity contribution in [1.82, 2.24) is 10.1 Å². The molecule has 0 aliphatic rings. The van der Waals surface area contributed by atoms with Crippen molar-refractivity contribution in [3.8, 4) is 0 Å². The van der Waals surface area contributed by atoms with Gasteiger partial charge in [0.05, 0.1) is 0 Å². The zero-order chi connectivity index (χ0) is 12.4. The highest BCUT2D eigenvalue weighted by molar-refractivity contribution is 4.99. The molecule has 0 fully saturated rings. The summed E-state index contributed by atoms with van der Waals surface area (Å²) < 4.78 is 5.24. The molecule has 0 aliphatic heterocycles. The van der Waals surface area contributed by atoms with E-state index < -0.39 is 0 Å². The molecule has 1 heterocycles. The molecule has 3 nitrogen and oxygen atoms in total. The van der Waals surface area contributed by atoms with E-state index in [2.05, 4.69) is 51.7 Å². The highest BCUT2D eigenvalue weighted by Gasteiger charge is 2.21. The molecule has 0 aromatic carbocycles. The Labute approximate surface area is 98.6 Å². The molecule has 92 valence electrons. The Kier molecular flexibility index (Phi) is 3.76. The largest absolute Gasteiger partial charge is 0.339 e. The predicted octanol–water partition coefficient (Wildman–Crippen LogP) is 3.74. The van der Waals surface area contributed by atoms with Gasteiger partial charge in [0.25, 0.3) is 0 Å². The Morgan fingerprint density at radius 2 is 1.69 bits per heavy atom. The van der Waals surface area contributed by atoms with Crippen molar-refractivity contribution in [1.29, 1.82) is 0 Å². The SMILES string of the molecule is CC(C)(C)CCCc1nc(C(C)(C)C)no1. The summed E-state index contributed by atoms with van der Waals surface area (Å²) in [6.07, 6.45) is 3.18. The first-order chi connectivity index (χ1) is 7.18. The molecular weight excluding hydrogens is 200 g/mol. The number of aromatic nitrogens is 2. The highest BCUT2D eigenvalue weighted by atomic mass is 16.5. The molecule has 0 spiro atoms. The average molecular weight is 224 g/mol. The van der Waals surface area contributed by atoms with E-state index in [-0.39, 0.29) is 5.41 Å². The summed E-state index contributed by atoms with van der Waals surface area (Å²) in [6, 6.07) is 0. The summed E-state index contributed by atoms with van der Waals surface area (Å²) >= 11 is 0. The van der Waals surface area contributed by atoms with Gasteiger partial charge in [-0.1, -0.05) is 46.7 Å². The Bertz CT molecular complexity index is 328. The normalized spacial score (nSPS) is 13.1. The summed E-state index contributed by atoms with van der Waals surface area (Å²) in [7, 11) is 0. The van der Waals surface area contributed by atoms with Gasteiger partial charge in [-0.15, -0.1) is 0 Å². The second kappa shape index (κ2) is 4.56. The zero-order valence-corrected chi connectivity index (χ0v) is 11.4. The van der Waals surface area contributed by atoms with E-state index in [1.165, 1.54) is 6.42 Å². The van der Waals surface area contributed by atoms with Crippen molar-refractivity contribution in [3.63, 3.8) is 0 Å². The van der Waals surface area contributed by atoms with Crippen LogP contribution in [-0.4, -0.2) is 10.1 Å². The minimum absolute atomic E-state index is 0.0220. The van der Waals surface area contributed by atoms with E-state index in [4.69, 9.17) is 4.52 Å². The van der Waals surface area contributed by atoms with Crippen LogP contribution in [0.5, 0.6) is 0 Å². The van der Waals surface area contributed by atoms with Crippen LogP contribution < -0.4 is 0 Å². The molecule has 0 unspecified atom stereocenters. The molecular formula is C13H24N2O. The molecule has 0 saturated carbocycles. The number of rotatable bonds is 3. The first-order valence-corrected chi connectivity index (χ1v) is 6.01. The van der Waals surface area contributed by atoms with Gasteiger partial charge in [0, 0.05) is 11.8 Å². The molecule has 0 aliphatic carbocycles. The maximum absolute atomic E-state index is 5.24. The molecule has 0 radical (unpaired) electrons. The van der Waals surface area contributed by atoms with Crippen LogP contribution in [0.2, 0.25) is 0 Å². The van der Waals surface area contributed by atoms with Gasteiger partial charge in [-0.05, 0) is 18.3 Å². The van der Waals surface area contributed by atoms with Gasteiger partial charge < -0.3 is 4.52 Å². The summed E-state index contributed by atoms with van der Waals surface area (Å²) in [4.78, 5) is 4.42. The highest BCUT2D eigenvalue weighted by Crippen LogP contribution is 2.23. The molecule has 1 aromatic rings. The molecule has 0 amide bonds. The van der Waals surface area contributed by atoms with Crippen LogP contribution in [-0.2, 0) is 11.8 Å². The van der Waals surface area contributed by atoms with Crippen molar-refractivity contribution < 1.29 is 4.52 Å². The Balaban J connectivity index is 2.48. The lowest BCUT2D eigenvalue weighted by Gasteiger charge is -2.16. The third-order valence-corrected chi connectivity index (χ3v) is 2.46. The number of aryl methyl sites for hydroxylation is 1. The molecule has 0 saturated heterocycles. The summed E-state index contributed by atoms with van der Waals surface area (Å²) in [5.41, 5.74) is 0.360. The van der Waals surface area contributed by atoms with E-state index in [0.717, 1.165) is 24.6 Å². The second-order valence-corrected chi connectivity index (χ2v) is 6.68. The van der Waals surface area contributed by atoms with Crippen molar-refractivity contribution >= 4 is 0 Å². The molecule has 0 bridgehead atoms. The van der Waals surface area contributed by atoms with E-state index in [1.54, 1.807) is 0 Å². The number of hydrogen-bond donors (Lipinski definition) is 0. The first-order valence-electron chi connectivity index (χ1n) is 6.01. The van der Waals surface area contributed by atoms with Crippen molar-refractivity contribution in [2.45, 2.75) is 66.2 Å². The van der Waals surface area contributed by atoms with E-state index in [0.29, 0.717) is 5.41 Å². The van der Waals surface area contributed by atoms with Gasteiger partial charge in [0.1, 0.15) is 0 Å². The Morgan fingerprint density at radius 3 is 2.12 bits per heavy atom. The zero-order valence-electron chi connectivity index (χ0n) is 11.4. The topological polar surface area (TPSA) is 38.9 Å². The molecule has 0 atom stereocenters. The van der Waals surface area contributed by atoms with Gasteiger partial charge in [-0.2, -0.15) is 4.98 Å². The van der Waals surface area contributed by atoms with Gasteiger partial charge >= 0.3 is 0 Å². The third-order valence-electron chi connectivity index (χ3n) is 2.46. The smallest absolute Gasteiger partial charge is 0.226 e. The molecule has 3 heteroatoms. The number of hydrogen-bond acceptors (Lipinski definition) is 3. The maximum Gasteiger partial charge on any atom is 0.226 e. The van der Waals surface area contributed by atoms with Crippen LogP contribution in [0.3, 0.4) is 0 Å². The average Bonchev–Trinajstić information content (AvgIpc) is 2.49. The van der Waals surface area contributed by atoms with E-state index >= 15 is 0 Å². The van der Waals surface area contributed by atoms with Crippen molar-refractivity contribution in [2.24, 2.45) is 5.41 Å². The quantitative estimate of drug-likeness (QED) is 0.785. The van der Waals surface area contributed by atoms with Crippen LogP contribution in [0.4, 0.5) is 0 Å². The molecule has 0 N–H and O–H groups in total. The molecule has 1 rings (SSSR count). The minimum Gasteiger partial charge on any atom is -0.339 e. The first kappa shape index (κ1) is 13.2. The van der Waals surface area contributed by atoms with E-state index in [9.17, 15) is 0 Å². The lowest BCUT2D eigenvalue weighted by molar-refractivity contribution is 0.333. The fraction of sp³-hybridized carbons (Fsp3) is 0.846. The third kappa shape index (κ3) is 4.33. The van der Waals surface area contributed by atoms with Crippen LogP contribution in [0.15, 0.2) is 4.52 Å². The Morgan fingerprint density at radius 1 is 1.06 bits per heavy atom. The summed E-state index contributed by atoms with van der Waals surface area (Å²) in [5, 5.41) is 4.02. The minimum atomic E-state index is -0.0220. The fourth-order valence-electron chi connectivity index (χ4n) is 1.43. The van der Waals surface area contributed by atoms with Crippen molar-refractivity contribution in [2.75, 3.05) is 0 Å². The predicted molar refractivity (Wildman–Crippen MR) is 65.4 cm³/mol. The van der Waals surface area contributed by atoms with E-state index in [1.807, 2.05) is 0 Å². The van der Waals surface area contributed by atoms with Gasteiger partial charge in [-0.25, -0.2) is 0 Å². The van der Waals surface area contributed by atoms with Crippen LogP contribution in [0.25, 0.3) is 0 Å². The monoisotopic (exact) mass is 224 g/mol. The van der Waals surface area contributed by atoms with Crippen LogP contribution in [0.1, 0.15) is 66.1 Å². The second-order valence-electron chi connectivity index (χ2n) is 6.68.